The molecule has 0 saturated carbocycles. The van der Waals surface area contributed by atoms with Gasteiger partial charge >= 0.3 is 0 Å². The third kappa shape index (κ3) is 4.08. The maximum absolute atomic E-state index is 3.52. The Bertz CT molecular complexity index is 406. The standard InChI is InChI=1S/C13H15BrIN/c1-3-4-5-6-13(16-2)11-9-10(14)7-8-12(11)15/h7-9,13,16H,5-6H2,1-2H3. The summed E-state index contributed by atoms with van der Waals surface area (Å²) in [6, 6.07) is 6.77. The van der Waals surface area contributed by atoms with Crippen LogP contribution in [0.25, 0.3) is 0 Å². The van der Waals surface area contributed by atoms with Crippen LogP contribution in [0.15, 0.2) is 22.7 Å². The summed E-state index contributed by atoms with van der Waals surface area (Å²) in [6.07, 6.45) is 1.98. The topological polar surface area (TPSA) is 12.0 Å². The van der Waals surface area contributed by atoms with Crippen molar-refractivity contribution in [3.8, 4) is 11.8 Å². The summed E-state index contributed by atoms with van der Waals surface area (Å²) < 4.78 is 2.43. The van der Waals surface area contributed by atoms with Gasteiger partial charge in [-0.15, -0.1) is 11.8 Å². The zero-order chi connectivity index (χ0) is 12.0. The third-order valence-electron chi connectivity index (χ3n) is 2.42. The molecule has 16 heavy (non-hydrogen) atoms. The molecule has 1 nitrogen and oxygen atoms in total. The van der Waals surface area contributed by atoms with Crippen LogP contribution in [0.3, 0.4) is 0 Å². The number of halogens is 2. The molecule has 0 bridgehead atoms. The number of nitrogens with one attached hydrogen (secondary N) is 1. The van der Waals surface area contributed by atoms with Gasteiger partial charge in [-0.2, -0.15) is 0 Å². The van der Waals surface area contributed by atoms with Crippen LogP contribution in [0.2, 0.25) is 0 Å². The molecule has 1 N–H and O–H groups in total. The number of rotatable bonds is 4. The van der Waals surface area contributed by atoms with Crippen molar-refractivity contribution < 1.29 is 0 Å². The summed E-state index contributed by atoms with van der Waals surface area (Å²) in [4.78, 5) is 0. The predicted octanol–water partition coefficient (Wildman–Crippen LogP) is 4.12. The molecule has 0 heterocycles. The SMILES string of the molecule is CC#CCCC(NC)c1cc(Br)ccc1I. The van der Waals surface area contributed by atoms with Gasteiger partial charge in [0.05, 0.1) is 0 Å². The number of benzene rings is 1. The van der Waals surface area contributed by atoms with E-state index < -0.39 is 0 Å². The van der Waals surface area contributed by atoms with E-state index in [9.17, 15) is 0 Å². The van der Waals surface area contributed by atoms with Crippen LogP contribution in [0.4, 0.5) is 0 Å². The van der Waals surface area contributed by atoms with Gasteiger partial charge < -0.3 is 5.32 Å². The lowest BCUT2D eigenvalue weighted by atomic mass is 10.0. The van der Waals surface area contributed by atoms with Crippen LogP contribution in [0.1, 0.15) is 31.4 Å². The molecule has 1 aromatic carbocycles. The smallest absolute Gasteiger partial charge is 0.0337 e. The molecule has 0 aromatic heterocycles. The van der Waals surface area contributed by atoms with E-state index >= 15 is 0 Å². The second-order valence-electron chi connectivity index (χ2n) is 3.47. The van der Waals surface area contributed by atoms with Gasteiger partial charge in [-0.25, -0.2) is 0 Å². The van der Waals surface area contributed by atoms with E-state index in [0.29, 0.717) is 6.04 Å². The van der Waals surface area contributed by atoms with Gasteiger partial charge in [0.25, 0.3) is 0 Å². The first kappa shape index (κ1) is 14.0. The van der Waals surface area contributed by atoms with E-state index in [0.717, 1.165) is 17.3 Å². The van der Waals surface area contributed by atoms with Crippen molar-refractivity contribution >= 4 is 38.5 Å². The Kier molecular flexibility index (Phi) is 6.40. The van der Waals surface area contributed by atoms with E-state index in [1.54, 1.807) is 0 Å². The Balaban J connectivity index is 2.84. The highest BCUT2D eigenvalue weighted by atomic mass is 127. The summed E-state index contributed by atoms with van der Waals surface area (Å²) in [5.74, 6) is 6.05. The lowest BCUT2D eigenvalue weighted by Gasteiger charge is -2.17. The van der Waals surface area contributed by atoms with E-state index in [4.69, 9.17) is 0 Å². The Morgan fingerprint density at radius 3 is 2.88 bits per heavy atom. The molecule has 0 spiro atoms. The van der Waals surface area contributed by atoms with Gasteiger partial charge in [-0.1, -0.05) is 15.9 Å². The Labute approximate surface area is 120 Å². The minimum absolute atomic E-state index is 0.380. The zero-order valence-electron chi connectivity index (χ0n) is 9.48. The molecule has 1 atom stereocenters. The molecule has 1 rings (SSSR count). The summed E-state index contributed by atoms with van der Waals surface area (Å²) in [5, 5.41) is 3.35. The molecule has 1 aromatic rings. The highest BCUT2D eigenvalue weighted by Gasteiger charge is 2.12. The van der Waals surface area contributed by atoms with Crippen LogP contribution in [-0.2, 0) is 0 Å². The number of hydrogen-bond acceptors (Lipinski definition) is 1. The molecule has 3 heteroatoms. The summed E-state index contributed by atoms with van der Waals surface area (Å²) in [5.41, 5.74) is 1.34. The summed E-state index contributed by atoms with van der Waals surface area (Å²) in [6.45, 7) is 1.89. The minimum atomic E-state index is 0.380. The molecular weight excluding hydrogens is 377 g/mol. The van der Waals surface area contributed by atoms with Crippen LogP contribution in [0, 0.1) is 15.4 Å². The molecule has 0 aliphatic carbocycles. The highest BCUT2D eigenvalue weighted by Crippen LogP contribution is 2.26. The van der Waals surface area contributed by atoms with Crippen LogP contribution < -0.4 is 5.32 Å². The molecule has 0 fully saturated rings. The van der Waals surface area contributed by atoms with Crippen molar-refractivity contribution in [1.82, 2.24) is 5.32 Å². The van der Waals surface area contributed by atoms with E-state index in [-0.39, 0.29) is 0 Å². The average molecular weight is 392 g/mol. The van der Waals surface area contributed by atoms with Crippen molar-refractivity contribution in [2.24, 2.45) is 0 Å². The van der Waals surface area contributed by atoms with Gasteiger partial charge in [0.15, 0.2) is 0 Å². The molecule has 0 radical (unpaired) electrons. The third-order valence-corrected chi connectivity index (χ3v) is 3.89. The Hall–Kier alpha value is -0.0500. The van der Waals surface area contributed by atoms with Gasteiger partial charge in [-0.05, 0) is 66.7 Å². The summed E-state index contributed by atoms with van der Waals surface area (Å²) in [7, 11) is 2.00. The van der Waals surface area contributed by atoms with Crippen molar-refractivity contribution in [1.29, 1.82) is 0 Å². The van der Waals surface area contributed by atoms with Gasteiger partial charge in [0.1, 0.15) is 0 Å². The lowest BCUT2D eigenvalue weighted by Crippen LogP contribution is -2.17. The maximum Gasteiger partial charge on any atom is 0.0337 e. The molecule has 1 unspecified atom stereocenters. The van der Waals surface area contributed by atoms with Gasteiger partial charge in [-0.3, -0.25) is 0 Å². The monoisotopic (exact) mass is 391 g/mol. The highest BCUT2D eigenvalue weighted by molar-refractivity contribution is 14.1. The van der Waals surface area contributed by atoms with Crippen molar-refractivity contribution in [2.75, 3.05) is 7.05 Å². The molecular formula is C13H15BrIN. The molecule has 0 amide bonds. The fraction of sp³-hybridized carbons (Fsp3) is 0.385. The Morgan fingerprint density at radius 2 is 2.25 bits per heavy atom. The van der Waals surface area contributed by atoms with E-state index in [1.807, 2.05) is 14.0 Å². The number of hydrogen-bond donors (Lipinski definition) is 1. The van der Waals surface area contributed by atoms with Crippen LogP contribution >= 0.6 is 38.5 Å². The second-order valence-corrected chi connectivity index (χ2v) is 5.55. The fourth-order valence-corrected chi connectivity index (χ4v) is 2.67. The maximum atomic E-state index is 3.52. The van der Waals surface area contributed by atoms with Crippen LogP contribution in [0.5, 0.6) is 0 Å². The lowest BCUT2D eigenvalue weighted by molar-refractivity contribution is 0.556. The van der Waals surface area contributed by atoms with Crippen molar-refractivity contribution in [3.05, 3.63) is 31.8 Å². The van der Waals surface area contributed by atoms with E-state index in [2.05, 4.69) is 73.9 Å². The quantitative estimate of drug-likeness (QED) is 0.601. The Morgan fingerprint density at radius 1 is 1.50 bits per heavy atom. The normalized spacial score (nSPS) is 11.8. The molecule has 0 aliphatic rings. The summed E-state index contributed by atoms with van der Waals surface area (Å²) >= 11 is 5.90. The second kappa shape index (κ2) is 7.31. The first-order valence-electron chi connectivity index (χ1n) is 5.21. The van der Waals surface area contributed by atoms with Gasteiger partial charge in [0.2, 0.25) is 0 Å². The van der Waals surface area contributed by atoms with Crippen molar-refractivity contribution in [2.45, 2.75) is 25.8 Å². The van der Waals surface area contributed by atoms with Crippen LogP contribution in [-0.4, -0.2) is 7.05 Å². The largest absolute Gasteiger partial charge is 0.313 e. The predicted molar refractivity (Wildman–Crippen MR) is 81.3 cm³/mol. The zero-order valence-corrected chi connectivity index (χ0v) is 13.2. The van der Waals surface area contributed by atoms with E-state index in [1.165, 1.54) is 9.13 Å². The fourth-order valence-electron chi connectivity index (χ4n) is 1.58. The molecule has 0 saturated heterocycles. The molecule has 0 aliphatic heterocycles. The van der Waals surface area contributed by atoms with Crippen molar-refractivity contribution in [3.63, 3.8) is 0 Å². The first-order chi connectivity index (χ1) is 7.69. The van der Waals surface area contributed by atoms with Gasteiger partial charge in [0, 0.05) is 20.5 Å². The minimum Gasteiger partial charge on any atom is -0.313 e. The first-order valence-corrected chi connectivity index (χ1v) is 7.08. The molecule has 86 valence electrons. The average Bonchev–Trinajstić information content (AvgIpc) is 2.28.